The van der Waals surface area contributed by atoms with E-state index in [4.69, 9.17) is 0 Å². The molecule has 11 nitrogen and oxygen atoms in total. The van der Waals surface area contributed by atoms with Crippen molar-refractivity contribution in [3.8, 4) is 0 Å². The number of carbonyl (C=O) groups is 3. The van der Waals surface area contributed by atoms with Gasteiger partial charge in [0.15, 0.2) is 9.84 Å². The lowest BCUT2D eigenvalue weighted by Gasteiger charge is -2.22. The smallest absolute Gasteiger partial charge is 0.325 e. The summed E-state index contributed by atoms with van der Waals surface area (Å²) < 4.78 is 23.0. The van der Waals surface area contributed by atoms with Crippen LogP contribution in [-0.4, -0.2) is 48.9 Å². The lowest BCUT2D eigenvalue weighted by atomic mass is 9.92. The standard InChI is InChI=1S/C19H18N4O7S/c1-19(12-3-7-14(8-4-12)23(27)28)17(25)22(18(26)21-19)11-16(24)20-13-5-9-15(10-6-13)31(2,29)30/h3-10H,11H2,1-2H3,(H,20,24)(H,21,26)/t19-/m1/s1. The lowest BCUT2D eigenvalue weighted by molar-refractivity contribution is -0.384. The van der Waals surface area contributed by atoms with Crippen molar-refractivity contribution in [2.45, 2.75) is 17.4 Å². The first kappa shape index (κ1) is 21.9. The molecule has 0 aliphatic carbocycles. The zero-order valence-electron chi connectivity index (χ0n) is 16.5. The van der Waals surface area contributed by atoms with Crippen molar-refractivity contribution in [3.63, 3.8) is 0 Å². The number of nitrogens with zero attached hydrogens (tertiary/aromatic N) is 2. The van der Waals surface area contributed by atoms with Gasteiger partial charge >= 0.3 is 6.03 Å². The summed E-state index contributed by atoms with van der Waals surface area (Å²) in [6.45, 7) is 0.872. The average molecular weight is 446 g/mol. The molecule has 12 heteroatoms. The Morgan fingerprint density at radius 1 is 1.13 bits per heavy atom. The minimum atomic E-state index is -3.38. The molecule has 4 amide bonds. The van der Waals surface area contributed by atoms with Gasteiger partial charge < -0.3 is 10.6 Å². The summed E-state index contributed by atoms with van der Waals surface area (Å²) >= 11 is 0. The number of hydrogen-bond donors (Lipinski definition) is 2. The number of amides is 4. The maximum atomic E-state index is 12.9. The Morgan fingerprint density at radius 3 is 2.23 bits per heavy atom. The number of imide groups is 1. The highest BCUT2D eigenvalue weighted by Crippen LogP contribution is 2.30. The predicted octanol–water partition coefficient (Wildman–Crippen LogP) is 1.40. The molecule has 1 heterocycles. The van der Waals surface area contributed by atoms with Crippen LogP contribution >= 0.6 is 0 Å². The molecule has 0 bridgehead atoms. The van der Waals surface area contributed by atoms with Crippen molar-refractivity contribution in [1.82, 2.24) is 10.2 Å². The number of carbonyl (C=O) groups excluding carboxylic acids is 3. The monoisotopic (exact) mass is 446 g/mol. The largest absolute Gasteiger partial charge is 0.325 e. The SMILES string of the molecule is C[C@]1(c2ccc([N+](=O)[O-])cc2)NC(=O)N(CC(=O)Nc2ccc(S(C)(=O)=O)cc2)C1=O. The fourth-order valence-corrected chi connectivity index (χ4v) is 3.71. The molecule has 0 saturated carbocycles. The van der Waals surface area contributed by atoms with Crippen LogP contribution in [0.25, 0.3) is 0 Å². The minimum absolute atomic E-state index is 0.0819. The van der Waals surface area contributed by atoms with Gasteiger partial charge in [0.2, 0.25) is 5.91 Å². The topological polar surface area (TPSA) is 156 Å². The predicted molar refractivity (Wildman–Crippen MR) is 109 cm³/mol. The summed E-state index contributed by atoms with van der Waals surface area (Å²) in [5.41, 5.74) is -1.02. The van der Waals surface area contributed by atoms with Crippen LogP contribution in [0.3, 0.4) is 0 Å². The van der Waals surface area contributed by atoms with Gasteiger partial charge in [0, 0.05) is 24.1 Å². The summed E-state index contributed by atoms with van der Waals surface area (Å²) in [5, 5.41) is 15.8. The fraction of sp³-hybridized carbons (Fsp3) is 0.211. The third-order valence-electron chi connectivity index (χ3n) is 4.80. The van der Waals surface area contributed by atoms with Crippen molar-refractivity contribution < 1.29 is 27.7 Å². The minimum Gasteiger partial charge on any atom is -0.325 e. The molecular weight excluding hydrogens is 428 g/mol. The zero-order valence-corrected chi connectivity index (χ0v) is 17.3. The van der Waals surface area contributed by atoms with Crippen LogP contribution < -0.4 is 10.6 Å². The third-order valence-corrected chi connectivity index (χ3v) is 5.93. The highest BCUT2D eigenvalue weighted by molar-refractivity contribution is 7.90. The molecule has 1 saturated heterocycles. The molecular formula is C19H18N4O7S. The molecule has 1 aliphatic rings. The van der Waals surface area contributed by atoms with Crippen LogP contribution in [0.2, 0.25) is 0 Å². The molecule has 2 aromatic carbocycles. The molecule has 3 rings (SSSR count). The number of non-ortho nitro benzene ring substituents is 1. The van der Waals surface area contributed by atoms with E-state index in [1.54, 1.807) is 0 Å². The lowest BCUT2D eigenvalue weighted by Crippen LogP contribution is -2.42. The summed E-state index contributed by atoms with van der Waals surface area (Å²) in [6, 6.07) is 9.81. The molecule has 162 valence electrons. The molecule has 2 aromatic rings. The van der Waals surface area contributed by atoms with Crippen LogP contribution in [-0.2, 0) is 25.0 Å². The van der Waals surface area contributed by atoms with Crippen molar-refractivity contribution in [3.05, 3.63) is 64.2 Å². The van der Waals surface area contributed by atoms with E-state index in [1.165, 1.54) is 55.5 Å². The molecule has 1 aliphatic heterocycles. The first-order valence-electron chi connectivity index (χ1n) is 8.91. The molecule has 0 radical (unpaired) electrons. The molecule has 1 fully saturated rings. The van der Waals surface area contributed by atoms with E-state index in [1.807, 2.05) is 0 Å². The molecule has 1 atom stereocenters. The third kappa shape index (κ3) is 4.38. The average Bonchev–Trinajstić information content (AvgIpc) is 2.91. The normalized spacial score (nSPS) is 18.6. The van der Waals surface area contributed by atoms with Gasteiger partial charge in [-0.1, -0.05) is 0 Å². The van der Waals surface area contributed by atoms with Gasteiger partial charge in [0.25, 0.3) is 11.6 Å². The maximum Gasteiger partial charge on any atom is 0.325 e. The van der Waals surface area contributed by atoms with E-state index in [2.05, 4.69) is 10.6 Å². The Kier molecular flexibility index (Phi) is 5.51. The Balaban J connectivity index is 1.72. The van der Waals surface area contributed by atoms with E-state index >= 15 is 0 Å². The molecule has 0 unspecified atom stereocenters. The second-order valence-corrected chi connectivity index (χ2v) is 9.11. The fourth-order valence-electron chi connectivity index (χ4n) is 3.08. The number of nitrogens with one attached hydrogen (secondary N) is 2. The van der Waals surface area contributed by atoms with E-state index in [9.17, 15) is 32.9 Å². The van der Waals surface area contributed by atoms with Crippen molar-refractivity contribution in [1.29, 1.82) is 0 Å². The number of rotatable bonds is 6. The molecule has 2 N–H and O–H groups in total. The van der Waals surface area contributed by atoms with E-state index in [0.29, 0.717) is 11.3 Å². The Hall–Kier alpha value is -3.80. The number of benzene rings is 2. The second kappa shape index (κ2) is 7.80. The quantitative estimate of drug-likeness (QED) is 0.386. The van der Waals surface area contributed by atoms with Gasteiger partial charge in [-0.2, -0.15) is 0 Å². The summed E-state index contributed by atoms with van der Waals surface area (Å²) in [4.78, 5) is 48.6. The van der Waals surface area contributed by atoms with Gasteiger partial charge in [-0.25, -0.2) is 13.2 Å². The Morgan fingerprint density at radius 2 is 1.71 bits per heavy atom. The number of nitro benzene ring substituents is 1. The highest BCUT2D eigenvalue weighted by Gasteiger charge is 2.49. The van der Waals surface area contributed by atoms with Crippen LogP contribution in [0, 0.1) is 10.1 Å². The number of sulfone groups is 1. The number of nitro groups is 1. The highest BCUT2D eigenvalue weighted by atomic mass is 32.2. The van der Waals surface area contributed by atoms with Gasteiger partial charge in [0.05, 0.1) is 9.82 Å². The zero-order chi connectivity index (χ0) is 23.0. The van der Waals surface area contributed by atoms with Gasteiger partial charge in [0.1, 0.15) is 12.1 Å². The van der Waals surface area contributed by atoms with E-state index in [0.717, 1.165) is 11.2 Å². The first-order valence-corrected chi connectivity index (χ1v) is 10.8. The van der Waals surface area contributed by atoms with E-state index < -0.39 is 44.7 Å². The van der Waals surface area contributed by atoms with Crippen LogP contribution in [0.5, 0.6) is 0 Å². The Bertz CT molecular complexity index is 1180. The molecule has 0 spiro atoms. The Labute approximate surface area is 177 Å². The molecule has 0 aromatic heterocycles. The van der Waals surface area contributed by atoms with Crippen molar-refractivity contribution in [2.24, 2.45) is 0 Å². The second-order valence-electron chi connectivity index (χ2n) is 7.10. The number of hydrogen-bond acceptors (Lipinski definition) is 7. The maximum absolute atomic E-state index is 12.9. The van der Waals surface area contributed by atoms with Crippen molar-refractivity contribution in [2.75, 3.05) is 18.1 Å². The van der Waals surface area contributed by atoms with Crippen LogP contribution in [0.15, 0.2) is 53.4 Å². The summed E-state index contributed by atoms with van der Waals surface area (Å²) in [6.07, 6.45) is 1.06. The van der Waals surface area contributed by atoms with Gasteiger partial charge in [-0.3, -0.25) is 24.6 Å². The summed E-state index contributed by atoms with van der Waals surface area (Å²) in [5.74, 6) is -1.35. The van der Waals surface area contributed by atoms with Crippen LogP contribution in [0.4, 0.5) is 16.2 Å². The van der Waals surface area contributed by atoms with Gasteiger partial charge in [-0.15, -0.1) is 0 Å². The molecule has 31 heavy (non-hydrogen) atoms. The first-order chi connectivity index (χ1) is 14.4. The van der Waals surface area contributed by atoms with Gasteiger partial charge in [-0.05, 0) is 48.9 Å². The van der Waals surface area contributed by atoms with Crippen molar-refractivity contribution >= 4 is 39.1 Å². The number of urea groups is 1. The van der Waals surface area contributed by atoms with Crippen LogP contribution in [0.1, 0.15) is 12.5 Å². The summed E-state index contributed by atoms with van der Waals surface area (Å²) in [7, 11) is -3.38. The van der Waals surface area contributed by atoms with E-state index in [-0.39, 0.29) is 10.6 Å². The number of anilines is 1.